The number of amides is 1. The first kappa shape index (κ1) is 32.1. The summed E-state index contributed by atoms with van der Waals surface area (Å²) in [5, 5.41) is 10.4. The molecule has 45 heavy (non-hydrogen) atoms. The molecule has 4 heterocycles. The number of piperidine rings is 1. The van der Waals surface area contributed by atoms with Crippen LogP contribution in [0.4, 0.5) is 31.2 Å². The van der Waals surface area contributed by atoms with Gasteiger partial charge in [-0.1, -0.05) is 25.1 Å². The van der Waals surface area contributed by atoms with Crippen molar-refractivity contribution in [2.75, 3.05) is 41.3 Å². The highest BCUT2D eigenvalue weighted by Crippen LogP contribution is 2.33. The highest BCUT2D eigenvalue weighted by molar-refractivity contribution is 5.68. The van der Waals surface area contributed by atoms with E-state index < -0.39 is 35.3 Å². The third kappa shape index (κ3) is 7.87. The molecule has 2 saturated heterocycles. The topological polar surface area (TPSA) is 122 Å². The van der Waals surface area contributed by atoms with E-state index in [-0.39, 0.29) is 24.1 Å². The van der Waals surface area contributed by atoms with Crippen LogP contribution in [0.25, 0.3) is 0 Å². The standard InChI is InChI=1S/C32H42F2N8O3/c1-7-26(20-10-12-41(13-11-20)30-39-28(19(2)3)40-45-30)37-22-15-35-29(36-16-22)42-17-24(23-14-21(33)8-9-25(23)34)27(18-42)38-31(43)44-32(4,5)6/h7-9,14-16,19-20,24,26-27,37H,1,10-13,17-18H2,2-6H3,(H,38,43). The molecule has 242 valence electrons. The number of hydrogen-bond donors (Lipinski definition) is 2. The zero-order valence-electron chi connectivity index (χ0n) is 26.5. The average Bonchev–Trinajstić information content (AvgIpc) is 3.65. The third-order valence-electron chi connectivity index (χ3n) is 8.15. The van der Waals surface area contributed by atoms with Crippen LogP contribution in [0.5, 0.6) is 0 Å². The molecule has 0 bridgehead atoms. The molecule has 1 aromatic carbocycles. The van der Waals surface area contributed by atoms with Gasteiger partial charge in [-0.2, -0.15) is 4.98 Å². The summed E-state index contributed by atoms with van der Waals surface area (Å²) in [4.78, 5) is 30.3. The van der Waals surface area contributed by atoms with Crippen molar-refractivity contribution in [1.82, 2.24) is 25.4 Å². The van der Waals surface area contributed by atoms with Gasteiger partial charge in [0.05, 0.1) is 24.1 Å². The van der Waals surface area contributed by atoms with E-state index in [2.05, 4.69) is 42.2 Å². The number of halogens is 2. The van der Waals surface area contributed by atoms with Crippen LogP contribution < -0.4 is 20.4 Å². The Bertz CT molecular complexity index is 1470. The maximum absolute atomic E-state index is 14.8. The SMILES string of the molecule is C=CC(Nc1cnc(N2CC(NC(=O)OC(C)(C)C)C(c3cc(F)ccc3F)C2)nc1)C1CCN(c2nc(C(C)C)no2)CC1. The number of hydrogen-bond acceptors (Lipinski definition) is 10. The smallest absolute Gasteiger partial charge is 0.407 e. The van der Waals surface area contributed by atoms with Gasteiger partial charge in [-0.3, -0.25) is 0 Å². The fourth-order valence-electron chi connectivity index (χ4n) is 5.85. The first-order chi connectivity index (χ1) is 21.4. The molecular weight excluding hydrogens is 582 g/mol. The molecule has 1 amide bonds. The summed E-state index contributed by atoms with van der Waals surface area (Å²) in [5.41, 5.74) is 0.205. The van der Waals surface area contributed by atoms with Gasteiger partial charge in [0.2, 0.25) is 5.95 Å². The summed E-state index contributed by atoms with van der Waals surface area (Å²) >= 11 is 0. The molecule has 0 saturated carbocycles. The summed E-state index contributed by atoms with van der Waals surface area (Å²) in [6.07, 6.45) is 6.51. The predicted octanol–water partition coefficient (Wildman–Crippen LogP) is 5.64. The van der Waals surface area contributed by atoms with Crippen LogP contribution in [0.2, 0.25) is 0 Å². The van der Waals surface area contributed by atoms with E-state index >= 15 is 0 Å². The van der Waals surface area contributed by atoms with Gasteiger partial charge in [-0.15, -0.1) is 6.58 Å². The van der Waals surface area contributed by atoms with Crippen molar-refractivity contribution in [3.8, 4) is 0 Å². The van der Waals surface area contributed by atoms with E-state index in [0.717, 1.165) is 43.8 Å². The van der Waals surface area contributed by atoms with Crippen molar-refractivity contribution >= 4 is 23.7 Å². The van der Waals surface area contributed by atoms with Gasteiger partial charge < -0.3 is 29.7 Å². The van der Waals surface area contributed by atoms with Crippen LogP contribution in [0.1, 0.15) is 70.7 Å². The Labute approximate surface area is 262 Å². The van der Waals surface area contributed by atoms with Crippen LogP contribution in [0.15, 0.2) is 47.8 Å². The van der Waals surface area contributed by atoms with Crippen molar-refractivity contribution in [2.45, 2.75) is 77.0 Å². The molecule has 2 aliphatic rings. The Morgan fingerprint density at radius 1 is 1.13 bits per heavy atom. The lowest BCUT2D eigenvalue weighted by atomic mass is 9.89. The van der Waals surface area contributed by atoms with Crippen molar-refractivity contribution in [3.05, 3.63) is 66.3 Å². The molecule has 3 unspecified atom stereocenters. The van der Waals surface area contributed by atoms with Crippen LogP contribution in [0, 0.1) is 17.6 Å². The lowest BCUT2D eigenvalue weighted by Gasteiger charge is -2.34. The van der Waals surface area contributed by atoms with Gasteiger partial charge in [-0.05, 0) is 63.3 Å². The van der Waals surface area contributed by atoms with E-state index in [9.17, 15) is 13.6 Å². The second-order valence-corrected chi connectivity index (χ2v) is 13.0. The van der Waals surface area contributed by atoms with Gasteiger partial charge >= 0.3 is 12.1 Å². The van der Waals surface area contributed by atoms with Crippen LogP contribution >= 0.6 is 0 Å². The number of carbonyl (C=O) groups is 1. The number of nitrogens with one attached hydrogen (secondary N) is 2. The zero-order chi connectivity index (χ0) is 32.3. The minimum absolute atomic E-state index is 0.00467. The van der Waals surface area contributed by atoms with Gasteiger partial charge in [0.1, 0.15) is 17.2 Å². The molecular formula is C32H42F2N8O3. The Balaban J connectivity index is 1.23. The number of rotatable bonds is 9. The molecule has 0 spiro atoms. The van der Waals surface area contributed by atoms with E-state index in [1.165, 1.54) is 6.07 Å². The second kappa shape index (κ2) is 13.4. The normalized spacial score (nSPS) is 19.9. The molecule has 11 nitrogen and oxygen atoms in total. The van der Waals surface area contributed by atoms with Gasteiger partial charge in [0, 0.05) is 44.1 Å². The number of carbonyl (C=O) groups excluding carboxylic acids is 1. The van der Waals surface area contributed by atoms with Crippen molar-refractivity contribution in [3.63, 3.8) is 0 Å². The largest absolute Gasteiger partial charge is 0.444 e. The predicted molar refractivity (Wildman–Crippen MR) is 167 cm³/mol. The average molecular weight is 625 g/mol. The fourth-order valence-corrected chi connectivity index (χ4v) is 5.85. The highest BCUT2D eigenvalue weighted by atomic mass is 19.1. The molecule has 2 aliphatic heterocycles. The number of benzene rings is 1. The van der Waals surface area contributed by atoms with Crippen LogP contribution in [-0.4, -0.2) is 70.1 Å². The number of ether oxygens (including phenoxy) is 1. The first-order valence-corrected chi connectivity index (χ1v) is 15.4. The minimum Gasteiger partial charge on any atom is -0.444 e. The Kier molecular flexibility index (Phi) is 9.54. The van der Waals surface area contributed by atoms with E-state index in [0.29, 0.717) is 30.3 Å². The zero-order valence-corrected chi connectivity index (χ0v) is 26.5. The number of nitrogens with zero attached hydrogens (tertiary/aromatic N) is 6. The lowest BCUT2D eigenvalue weighted by Crippen LogP contribution is -2.43. The van der Waals surface area contributed by atoms with Gasteiger partial charge in [-0.25, -0.2) is 23.5 Å². The van der Waals surface area contributed by atoms with Crippen molar-refractivity contribution in [1.29, 1.82) is 0 Å². The van der Waals surface area contributed by atoms with Crippen molar-refractivity contribution < 1.29 is 22.8 Å². The minimum atomic E-state index is -0.708. The molecule has 0 aliphatic carbocycles. The molecule has 13 heteroatoms. The maximum atomic E-state index is 14.8. The molecule has 3 atom stereocenters. The number of alkyl carbamates (subject to hydrolysis) is 1. The van der Waals surface area contributed by atoms with Gasteiger partial charge in [0.25, 0.3) is 0 Å². The lowest BCUT2D eigenvalue weighted by molar-refractivity contribution is 0.0504. The van der Waals surface area contributed by atoms with Gasteiger partial charge in [0.15, 0.2) is 5.82 Å². The molecule has 2 aromatic heterocycles. The van der Waals surface area contributed by atoms with E-state index in [1.807, 2.05) is 24.8 Å². The quantitative estimate of drug-likeness (QED) is 0.289. The monoisotopic (exact) mass is 624 g/mol. The summed E-state index contributed by atoms with van der Waals surface area (Å²) in [6.45, 7) is 15.6. The summed E-state index contributed by atoms with van der Waals surface area (Å²) in [6, 6.07) is 3.36. The molecule has 2 N–H and O–H groups in total. The Hall–Kier alpha value is -4.29. The van der Waals surface area contributed by atoms with Crippen LogP contribution in [0.3, 0.4) is 0 Å². The van der Waals surface area contributed by atoms with Crippen molar-refractivity contribution in [2.24, 2.45) is 5.92 Å². The maximum Gasteiger partial charge on any atom is 0.407 e. The Morgan fingerprint density at radius 3 is 2.47 bits per heavy atom. The highest BCUT2D eigenvalue weighted by Gasteiger charge is 2.38. The van der Waals surface area contributed by atoms with E-state index in [1.54, 1.807) is 33.2 Å². The second-order valence-electron chi connectivity index (χ2n) is 13.0. The summed E-state index contributed by atoms with van der Waals surface area (Å²) in [5.74, 6) is 0.0343. The molecule has 3 aromatic rings. The fraction of sp³-hybridized carbons (Fsp3) is 0.531. The number of anilines is 3. The molecule has 2 fully saturated rings. The summed E-state index contributed by atoms with van der Waals surface area (Å²) in [7, 11) is 0. The van der Waals surface area contributed by atoms with Crippen LogP contribution in [-0.2, 0) is 4.74 Å². The number of aromatic nitrogens is 4. The molecule has 0 radical (unpaired) electrons. The molecule has 5 rings (SSSR count). The Morgan fingerprint density at radius 2 is 1.84 bits per heavy atom. The first-order valence-electron chi connectivity index (χ1n) is 15.4. The van der Waals surface area contributed by atoms with E-state index in [4.69, 9.17) is 9.26 Å². The third-order valence-corrected chi connectivity index (χ3v) is 8.15. The summed E-state index contributed by atoms with van der Waals surface area (Å²) < 4.78 is 39.9.